The van der Waals surface area contributed by atoms with Crippen molar-refractivity contribution in [1.29, 1.82) is 0 Å². The summed E-state index contributed by atoms with van der Waals surface area (Å²) in [5.74, 6) is 0.784. The number of aromatic nitrogens is 1. The quantitative estimate of drug-likeness (QED) is 0.483. The first kappa shape index (κ1) is 23.3. The van der Waals surface area contributed by atoms with Crippen molar-refractivity contribution < 1.29 is 9.47 Å². The van der Waals surface area contributed by atoms with E-state index in [2.05, 4.69) is 36.3 Å². The molecule has 1 atom stereocenters. The highest BCUT2D eigenvalue weighted by atomic mass is 32.1. The maximum atomic E-state index is 12.9. The third-order valence-electron chi connectivity index (χ3n) is 5.92. The van der Waals surface area contributed by atoms with Crippen molar-refractivity contribution >= 4 is 33.9 Å². The van der Waals surface area contributed by atoms with Gasteiger partial charge in [-0.25, -0.2) is 0 Å². The van der Waals surface area contributed by atoms with Crippen molar-refractivity contribution in [3.05, 3.63) is 69.5 Å². The number of aryl methyl sites for hydroxylation is 2. The van der Waals surface area contributed by atoms with Crippen LogP contribution in [0.5, 0.6) is 5.75 Å². The van der Waals surface area contributed by atoms with Gasteiger partial charge in [0.1, 0.15) is 5.75 Å². The van der Waals surface area contributed by atoms with Gasteiger partial charge in [0.25, 0.3) is 5.56 Å². The van der Waals surface area contributed by atoms with Gasteiger partial charge in [-0.15, -0.1) is 0 Å². The molecule has 1 aliphatic rings. The zero-order valence-corrected chi connectivity index (χ0v) is 20.3. The molecule has 1 aromatic heterocycles. The Morgan fingerprint density at radius 2 is 2.09 bits per heavy atom. The summed E-state index contributed by atoms with van der Waals surface area (Å²) in [5, 5.41) is 4.90. The fraction of sp³-hybridized carbons (Fsp3) is 0.385. The molecule has 0 radical (unpaired) electrons. The summed E-state index contributed by atoms with van der Waals surface area (Å²) in [4.78, 5) is 17.9. The van der Waals surface area contributed by atoms with E-state index in [1.165, 1.54) is 5.56 Å². The fourth-order valence-corrected chi connectivity index (χ4v) is 4.46. The highest BCUT2D eigenvalue weighted by molar-refractivity contribution is 7.80. The number of aromatic amines is 1. The zero-order chi connectivity index (χ0) is 23.4. The smallest absolute Gasteiger partial charge is 0.253 e. The van der Waals surface area contributed by atoms with E-state index in [0.717, 1.165) is 47.4 Å². The first-order chi connectivity index (χ1) is 15.9. The highest BCUT2D eigenvalue weighted by Gasteiger charge is 2.22. The molecule has 1 saturated heterocycles. The van der Waals surface area contributed by atoms with Crippen LogP contribution in [-0.4, -0.2) is 40.9 Å². The van der Waals surface area contributed by atoms with E-state index in [9.17, 15) is 4.79 Å². The van der Waals surface area contributed by atoms with E-state index in [1.54, 1.807) is 0 Å². The van der Waals surface area contributed by atoms with Gasteiger partial charge >= 0.3 is 0 Å². The Bertz CT molecular complexity index is 1200. The molecule has 33 heavy (non-hydrogen) atoms. The van der Waals surface area contributed by atoms with Gasteiger partial charge in [0.15, 0.2) is 5.11 Å². The largest absolute Gasteiger partial charge is 0.494 e. The van der Waals surface area contributed by atoms with Crippen molar-refractivity contribution in [2.24, 2.45) is 0 Å². The van der Waals surface area contributed by atoms with Gasteiger partial charge < -0.3 is 24.7 Å². The van der Waals surface area contributed by atoms with Crippen LogP contribution in [-0.2, 0) is 11.3 Å². The Labute approximate surface area is 199 Å². The second-order valence-electron chi connectivity index (χ2n) is 8.57. The summed E-state index contributed by atoms with van der Waals surface area (Å²) < 4.78 is 11.5. The van der Waals surface area contributed by atoms with Gasteiger partial charge in [0, 0.05) is 35.3 Å². The second-order valence-corrected chi connectivity index (χ2v) is 8.96. The minimum atomic E-state index is -0.113. The summed E-state index contributed by atoms with van der Waals surface area (Å²) in [5.41, 5.74) is 4.62. The number of nitrogens with one attached hydrogen (secondary N) is 2. The SMILES string of the molecule is CCOc1ccc2[nH]c(=O)c(CN(C[C@H]3CCCO3)C(=S)Nc3ccc(C)cc3C)cc2c1. The van der Waals surface area contributed by atoms with Gasteiger partial charge in [-0.2, -0.15) is 0 Å². The third kappa shape index (κ3) is 5.72. The van der Waals surface area contributed by atoms with Crippen molar-refractivity contribution in [3.63, 3.8) is 0 Å². The lowest BCUT2D eigenvalue weighted by molar-refractivity contribution is 0.0904. The molecular formula is C26H31N3O3S. The minimum Gasteiger partial charge on any atom is -0.494 e. The van der Waals surface area contributed by atoms with Gasteiger partial charge in [-0.1, -0.05) is 17.7 Å². The second kappa shape index (κ2) is 10.4. The fourth-order valence-electron chi connectivity index (χ4n) is 4.21. The molecule has 0 aliphatic carbocycles. The molecule has 4 rings (SSSR count). The number of hydrogen-bond acceptors (Lipinski definition) is 4. The van der Waals surface area contributed by atoms with E-state index < -0.39 is 0 Å². The summed E-state index contributed by atoms with van der Waals surface area (Å²) in [7, 11) is 0. The lowest BCUT2D eigenvalue weighted by Gasteiger charge is -2.28. The molecule has 1 fully saturated rings. The Hall–Kier alpha value is -2.90. The Morgan fingerprint density at radius 3 is 2.82 bits per heavy atom. The minimum absolute atomic E-state index is 0.105. The number of thiocarbonyl (C=S) groups is 1. The first-order valence-electron chi connectivity index (χ1n) is 11.5. The summed E-state index contributed by atoms with van der Waals surface area (Å²) >= 11 is 5.81. The molecule has 0 amide bonds. The normalized spacial score (nSPS) is 15.5. The van der Waals surface area contributed by atoms with Crippen molar-refractivity contribution in [2.45, 2.75) is 46.3 Å². The van der Waals surface area contributed by atoms with E-state index in [0.29, 0.717) is 30.4 Å². The van der Waals surface area contributed by atoms with Gasteiger partial charge in [-0.3, -0.25) is 4.79 Å². The summed E-state index contributed by atoms with van der Waals surface area (Å²) in [6.45, 7) is 8.47. The molecule has 0 spiro atoms. The van der Waals surface area contributed by atoms with Crippen LogP contribution in [0.4, 0.5) is 5.69 Å². The van der Waals surface area contributed by atoms with E-state index in [1.807, 2.05) is 42.2 Å². The average Bonchev–Trinajstić information content (AvgIpc) is 3.29. The van der Waals surface area contributed by atoms with Gasteiger partial charge in [0.05, 0.1) is 19.3 Å². The van der Waals surface area contributed by atoms with Crippen LogP contribution in [0, 0.1) is 13.8 Å². The van der Waals surface area contributed by atoms with Crippen LogP contribution >= 0.6 is 12.2 Å². The maximum Gasteiger partial charge on any atom is 0.253 e. The molecule has 2 aromatic carbocycles. The number of anilines is 1. The number of hydrogen-bond donors (Lipinski definition) is 2. The van der Waals surface area contributed by atoms with E-state index in [-0.39, 0.29) is 11.7 Å². The number of benzene rings is 2. The molecule has 2 heterocycles. The predicted molar refractivity (Wildman–Crippen MR) is 137 cm³/mol. The first-order valence-corrected chi connectivity index (χ1v) is 11.9. The third-order valence-corrected chi connectivity index (χ3v) is 6.28. The van der Waals surface area contributed by atoms with Crippen molar-refractivity contribution in [2.75, 3.05) is 25.1 Å². The van der Waals surface area contributed by atoms with Crippen LogP contribution in [0.15, 0.2) is 47.3 Å². The lowest BCUT2D eigenvalue weighted by atomic mass is 10.1. The van der Waals surface area contributed by atoms with E-state index in [4.69, 9.17) is 21.7 Å². The molecule has 7 heteroatoms. The molecule has 6 nitrogen and oxygen atoms in total. The molecule has 0 saturated carbocycles. The monoisotopic (exact) mass is 465 g/mol. The van der Waals surface area contributed by atoms with E-state index >= 15 is 0 Å². The van der Waals surface area contributed by atoms with Crippen molar-refractivity contribution in [3.8, 4) is 5.75 Å². The number of ether oxygens (including phenoxy) is 2. The number of H-pyrrole nitrogens is 1. The molecule has 0 bridgehead atoms. The number of fused-ring (bicyclic) bond motifs is 1. The Balaban J connectivity index is 1.61. The van der Waals surface area contributed by atoms with Crippen LogP contribution in [0.2, 0.25) is 0 Å². The highest BCUT2D eigenvalue weighted by Crippen LogP contribution is 2.22. The van der Waals surface area contributed by atoms with Crippen LogP contribution in [0.3, 0.4) is 0 Å². The Kier molecular flexibility index (Phi) is 7.30. The van der Waals surface area contributed by atoms with Crippen LogP contribution < -0.4 is 15.6 Å². The molecule has 0 unspecified atom stereocenters. The predicted octanol–water partition coefficient (Wildman–Crippen LogP) is 4.92. The summed E-state index contributed by atoms with van der Waals surface area (Å²) in [6, 6.07) is 13.9. The maximum absolute atomic E-state index is 12.9. The zero-order valence-electron chi connectivity index (χ0n) is 19.4. The average molecular weight is 466 g/mol. The molecular weight excluding hydrogens is 434 g/mol. The molecule has 1 aliphatic heterocycles. The summed E-state index contributed by atoms with van der Waals surface area (Å²) in [6.07, 6.45) is 2.15. The van der Waals surface area contributed by atoms with Crippen molar-refractivity contribution in [1.82, 2.24) is 9.88 Å². The lowest BCUT2D eigenvalue weighted by Crippen LogP contribution is -2.40. The standard InChI is InChI=1S/C26H31N3O3S/c1-4-31-21-8-10-24-19(14-21)13-20(25(30)27-24)15-29(16-22-6-5-11-32-22)26(33)28-23-9-7-17(2)12-18(23)3/h7-10,12-14,22H,4-6,11,15-16H2,1-3H3,(H,27,30)(H,28,33)/t22-/m1/s1. The molecule has 174 valence electrons. The van der Waals surface area contributed by atoms with Gasteiger partial charge in [-0.05, 0) is 81.7 Å². The topological polar surface area (TPSA) is 66.6 Å². The Morgan fingerprint density at radius 1 is 1.24 bits per heavy atom. The van der Waals surface area contributed by atoms with Crippen LogP contribution in [0.1, 0.15) is 36.5 Å². The molecule has 2 N–H and O–H groups in total. The number of rotatable bonds is 7. The van der Waals surface area contributed by atoms with Gasteiger partial charge in [0.2, 0.25) is 0 Å². The number of nitrogens with zero attached hydrogens (tertiary/aromatic N) is 1. The number of pyridine rings is 1. The molecule has 3 aromatic rings. The van der Waals surface area contributed by atoms with Crippen LogP contribution in [0.25, 0.3) is 10.9 Å².